The molecule has 1 unspecified atom stereocenters. The van der Waals surface area contributed by atoms with Gasteiger partial charge in [0, 0.05) is 13.0 Å². The van der Waals surface area contributed by atoms with Crippen molar-refractivity contribution in [3.8, 4) is 5.75 Å². The molecular weight excluding hydrogens is 419 g/mol. The van der Waals surface area contributed by atoms with Gasteiger partial charge in [0.25, 0.3) is 0 Å². The molecule has 0 aliphatic carbocycles. The highest BCUT2D eigenvalue weighted by Gasteiger charge is 2.19. The number of carbonyl (C=O) groups excluding carboxylic acids is 1. The molecule has 8 heteroatoms. The van der Waals surface area contributed by atoms with E-state index < -0.39 is 15.8 Å². The summed E-state index contributed by atoms with van der Waals surface area (Å²) < 4.78 is 43.9. The van der Waals surface area contributed by atoms with Crippen molar-refractivity contribution in [3.63, 3.8) is 0 Å². The Morgan fingerprint density at radius 1 is 1.10 bits per heavy atom. The molecule has 0 saturated carbocycles. The maximum atomic E-state index is 13.2. The van der Waals surface area contributed by atoms with E-state index in [4.69, 9.17) is 4.74 Å². The lowest BCUT2D eigenvalue weighted by molar-refractivity contribution is -0.122. The Morgan fingerprint density at radius 2 is 1.71 bits per heavy atom. The van der Waals surface area contributed by atoms with Crippen molar-refractivity contribution >= 4 is 21.6 Å². The smallest absolute Gasteiger partial charge is 0.232 e. The molecule has 6 nitrogen and oxygen atoms in total. The van der Waals surface area contributed by atoms with Gasteiger partial charge in [-0.25, -0.2) is 12.8 Å². The number of sulfonamides is 1. The van der Waals surface area contributed by atoms with Gasteiger partial charge in [0.15, 0.2) is 0 Å². The largest absolute Gasteiger partial charge is 0.497 e. The first kappa shape index (κ1) is 24.7. The SMILES string of the molecule is COc1ccc(C(CC(C)C)NC(=O)CCCN(c2ccc(F)cc2)S(C)(=O)=O)cc1. The third-order valence-electron chi connectivity index (χ3n) is 4.84. The predicted molar refractivity (Wildman–Crippen MR) is 121 cm³/mol. The first-order valence-corrected chi connectivity index (χ1v) is 12.1. The van der Waals surface area contributed by atoms with Crippen molar-refractivity contribution in [1.82, 2.24) is 5.32 Å². The second kappa shape index (κ2) is 11.1. The molecule has 1 amide bonds. The van der Waals surface area contributed by atoms with E-state index >= 15 is 0 Å². The number of ether oxygens (including phenoxy) is 1. The minimum absolute atomic E-state index is 0.134. The van der Waals surface area contributed by atoms with E-state index in [1.165, 1.54) is 28.6 Å². The van der Waals surface area contributed by atoms with Gasteiger partial charge in [-0.15, -0.1) is 0 Å². The topological polar surface area (TPSA) is 75.7 Å². The van der Waals surface area contributed by atoms with E-state index in [-0.39, 0.29) is 24.9 Å². The van der Waals surface area contributed by atoms with E-state index in [1.807, 2.05) is 24.3 Å². The van der Waals surface area contributed by atoms with Crippen LogP contribution in [0.15, 0.2) is 48.5 Å². The van der Waals surface area contributed by atoms with Crippen LogP contribution in [0.5, 0.6) is 5.75 Å². The maximum absolute atomic E-state index is 13.2. The number of methoxy groups -OCH3 is 1. The minimum Gasteiger partial charge on any atom is -0.497 e. The average Bonchev–Trinajstić information content (AvgIpc) is 2.70. The van der Waals surface area contributed by atoms with Crippen molar-refractivity contribution in [1.29, 1.82) is 0 Å². The van der Waals surface area contributed by atoms with E-state index in [2.05, 4.69) is 19.2 Å². The number of anilines is 1. The summed E-state index contributed by atoms with van der Waals surface area (Å²) in [5.74, 6) is 0.548. The summed E-state index contributed by atoms with van der Waals surface area (Å²) in [6, 6.07) is 12.7. The number of carbonyl (C=O) groups is 1. The van der Waals surface area contributed by atoms with Crippen molar-refractivity contribution in [2.75, 3.05) is 24.2 Å². The molecule has 1 atom stereocenters. The predicted octanol–water partition coefficient (Wildman–Crippen LogP) is 4.28. The molecule has 2 aromatic rings. The molecule has 31 heavy (non-hydrogen) atoms. The summed E-state index contributed by atoms with van der Waals surface area (Å²) in [5, 5.41) is 3.06. The molecule has 0 heterocycles. The Morgan fingerprint density at radius 3 is 2.23 bits per heavy atom. The molecule has 1 N–H and O–H groups in total. The first-order valence-electron chi connectivity index (χ1n) is 10.3. The lowest BCUT2D eigenvalue weighted by Gasteiger charge is -2.23. The third-order valence-corrected chi connectivity index (χ3v) is 6.03. The van der Waals surface area contributed by atoms with Crippen LogP contribution in [0.1, 0.15) is 44.7 Å². The van der Waals surface area contributed by atoms with Gasteiger partial charge in [0.2, 0.25) is 15.9 Å². The van der Waals surface area contributed by atoms with Crippen molar-refractivity contribution in [3.05, 3.63) is 59.9 Å². The molecule has 0 aromatic heterocycles. The van der Waals surface area contributed by atoms with Crippen LogP contribution in [-0.2, 0) is 14.8 Å². The number of rotatable bonds is 11. The van der Waals surface area contributed by atoms with Gasteiger partial charge in [-0.1, -0.05) is 26.0 Å². The Labute approximate surface area is 184 Å². The molecule has 0 saturated heterocycles. The van der Waals surface area contributed by atoms with Gasteiger partial charge < -0.3 is 10.1 Å². The molecule has 0 radical (unpaired) electrons. The second-order valence-electron chi connectivity index (χ2n) is 7.94. The van der Waals surface area contributed by atoms with Gasteiger partial charge in [0.1, 0.15) is 11.6 Å². The van der Waals surface area contributed by atoms with Crippen LogP contribution in [0, 0.1) is 11.7 Å². The molecule has 0 bridgehead atoms. The van der Waals surface area contributed by atoms with Gasteiger partial charge >= 0.3 is 0 Å². The van der Waals surface area contributed by atoms with E-state index in [0.29, 0.717) is 18.0 Å². The Kier molecular flexibility index (Phi) is 8.86. The quantitative estimate of drug-likeness (QED) is 0.554. The molecule has 0 aliphatic rings. The van der Waals surface area contributed by atoms with Crippen molar-refractivity contribution in [2.24, 2.45) is 5.92 Å². The second-order valence-corrected chi connectivity index (χ2v) is 9.84. The number of nitrogens with one attached hydrogen (secondary N) is 1. The molecule has 170 valence electrons. The third kappa shape index (κ3) is 7.86. The van der Waals surface area contributed by atoms with Gasteiger partial charge in [0.05, 0.1) is 25.1 Å². The number of nitrogens with zero attached hydrogens (tertiary/aromatic N) is 1. The molecule has 0 fully saturated rings. The lowest BCUT2D eigenvalue weighted by Crippen LogP contribution is -2.33. The van der Waals surface area contributed by atoms with Crippen molar-refractivity contribution < 1.29 is 22.3 Å². The van der Waals surface area contributed by atoms with Crippen LogP contribution in [-0.4, -0.2) is 34.2 Å². The Bertz CT molecular complexity index is 945. The summed E-state index contributed by atoms with van der Waals surface area (Å²) in [4.78, 5) is 12.6. The molecule has 0 aliphatic heterocycles. The Balaban J connectivity index is 2.00. The zero-order valence-electron chi connectivity index (χ0n) is 18.5. The number of hydrogen-bond acceptors (Lipinski definition) is 4. The lowest BCUT2D eigenvalue weighted by atomic mass is 9.96. The Hall–Kier alpha value is -2.61. The standard InChI is InChI=1S/C23H31FN2O4S/c1-17(2)16-22(18-7-13-21(30-3)14-8-18)25-23(27)6-5-15-26(31(4,28)29)20-11-9-19(24)10-12-20/h7-14,17,22H,5-6,15-16H2,1-4H3,(H,25,27). The summed E-state index contributed by atoms with van der Waals surface area (Å²) in [7, 11) is -1.94. The van der Waals surface area contributed by atoms with Crippen LogP contribution in [0.25, 0.3) is 0 Å². The number of halogens is 1. The molecule has 2 aromatic carbocycles. The summed E-state index contributed by atoms with van der Waals surface area (Å²) >= 11 is 0. The highest BCUT2D eigenvalue weighted by atomic mass is 32.2. The van der Waals surface area contributed by atoms with E-state index in [0.717, 1.165) is 24.0 Å². The van der Waals surface area contributed by atoms with Crippen LogP contribution in [0.3, 0.4) is 0 Å². The molecule has 0 spiro atoms. The van der Waals surface area contributed by atoms with Gasteiger partial charge in [-0.2, -0.15) is 0 Å². The fraction of sp³-hybridized carbons (Fsp3) is 0.435. The molecule has 2 rings (SSSR count). The van der Waals surface area contributed by atoms with E-state index in [1.54, 1.807) is 7.11 Å². The average molecular weight is 451 g/mol. The van der Waals surface area contributed by atoms with Gasteiger partial charge in [-0.3, -0.25) is 9.10 Å². The summed E-state index contributed by atoms with van der Waals surface area (Å²) in [6.45, 7) is 4.32. The van der Waals surface area contributed by atoms with Crippen molar-refractivity contribution in [2.45, 2.75) is 39.2 Å². The zero-order chi connectivity index (χ0) is 23.0. The van der Waals surface area contributed by atoms with Gasteiger partial charge in [-0.05, 0) is 60.7 Å². The van der Waals surface area contributed by atoms with Crippen LogP contribution in [0.4, 0.5) is 10.1 Å². The van der Waals surface area contributed by atoms with Crippen LogP contribution >= 0.6 is 0 Å². The highest BCUT2D eigenvalue weighted by molar-refractivity contribution is 7.92. The highest BCUT2D eigenvalue weighted by Crippen LogP contribution is 2.24. The number of benzene rings is 2. The van der Waals surface area contributed by atoms with Crippen LogP contribution in [0.2, 0.25) is 0 Å². The monoisotopic (exact) mass is 450 g/mol. The normalized spacial score (nSPS) is 12.5. The molecular formula is C23H31FN2O4S. The summed E-state index contributed by atoms with van der Waals surface area (Å²) in [5.41, 5.74) is 1.37. The number of amides is 1. The zero-order valence-corrected chi connectivity index (χ0v) is 19.3. The van der Waals surface area contributed by atoms with E-state index in [9.17, 15) is 17.6 Å². The fourth-order valence-electron chi connectivity index (χ4n) is 3.33. The minimum atomic E-state index is -3.55. The summed E-state index contributed by atoms with van der Waals surface area (Å²) in [6.07, 6.45) is 2.40. The number of hydrogen-bond donors (Lipinski definition) is 1. The maximum Gasteiger partial charge on any atom is 0.232 e. The van der Waals surface area contributed by atoms with Crippen LogP contribution < -0.4 is 14.4 Å². The fourth-order valence-corrected chi connectivity index (χ4v) is 4.29. The first-order chi connectivity index (χ1) is 14.6.